The van der Waals surface area contributed by atoms with Gasteiger partial charge >= 0.3 is 6.03 Å². The van der Waals surface area contributed by atoms with Crippen molar-refractivity contribution in [3.8, 4) is 0 Å². The van der Waals surface area contributed by atoms with Crippen LogP contribution in [-0.4, -0.2) is 30.5 Å². The molecule has 1 fully saturated rings. The third-order valence-electron chi connectivity index (χ3n) is 2.35. The maximum absolute atomic E-state index is 11.4. The molecule has 0 unspecified atom stereocenters. The minimum Gasteiger partial charge on any atom is -0.368 e. The summed E-state index contributed by atoms with van der Waals surface area (Å²) < 4.78 is 0. The molecule has 0 radical (unpaired) electrons. The minimum absolute atomic E-state index is 0.116. The van der Waals surface area contributed by atoms with Crippen LogP contribution in [0.4, 0.5) is 4.79 Å². The molecule has 1 aliphatic carbocycles. The van der Waals surface area contributed by atoms with Gasteiger partial charge in [-0.1, -0.05) is 0 Å². The Morgan fingerprint density at radius 3 is 2.88 bits per heavy atom. The molecular weight excluding hydrogens is 204 g/mol. The highest BCUT2D eigenvalue weighted by atomic mass is 16.2. The van der Waals surface area contributed by atoms with E-state index >= 15 is 0 Å². The first kappa shape index (κ1) is 11.0. The van der Waals surface area contributed by atoms with Crippen molar-refractivity contribution in [1.82, 2.24) is 16.0 Å². The predicted molar refractivity (Wildman–Crippen MR) is 63.3 cm³/mol. The Balaban J connectivity index is 1.76. The van der Waals surface area contributed by atoms with Crippen LogP contribution < -0.4 is 16.0 Å². The SMILES string of the molecule is CC(C)NC1=NCC(NC(=O)NC2CC2)=C1. The molecule has 16 heavy (non-hydrogen) atoms. The Labute approximate surface area is 95.4 Å². The summed E-state index contributed by atoms with van der Waals surface area (Å²) in [6, 6.07) is 0.626. The van der Waals surface area contributed by atoms with E-state index in [0.29, 0.717) is 18.6 Å². The average Bonchev–Trinajstić information content (AvgIpc) is 2.87. The van der Waals surface area contributed by atoms with E-state index in [9.17, 15) is 4.79 Å². The van der Waals surface area contributed by atoms with Crippen molar-refractivity contribution in [1.29, 1.82) is 0 Å². The highest BCUT2D eigenvalue weighted by Crippen LogP contribution is 2.18. The standard InChI is InChI=1S/C11H18N4O/c1-7(2)13-10-5-9(6-12-10)15-11(16)14-8-3-4-8/h5,7-8H,3-4,6H2,1-2H3,(H,12,13)(H2,14,15,16). The third kappa shape index (κ3) is 3.25. The average molecular weight is 222 g/mol. The molecule has 2 rings (SSSR count). The zero-order valence-corrected chi connectivity index (χ0v) is 9.71. The number of amides is 2. The molecule has 0 saturated heterocycles. The number of nitrogens with zero attached hydrogens (tertiary/aromatic N) is 1. The molecule has 2 aliphatic rings. The molecule has 5 nitrogen and oxygen atoms in total. The number of aliphatic imine (C=N–C) groups is 1. The van der Waals surface area contributed by atoms with E-state index in [-0.39, 0.29) is 6.03 Å². The van der Waals surface area contributed by atoms with Gasteiger partial charge < -0.3 is 16.0 Å². The van der Waals surface area contributed by atoms with Crippen LogP contribution in [0.25, 0.3) is 0 Å². The summed E-state index contributed by atoms with van der Waals surface area (Å²) in [4.78, 5) is 15.7. The Morgan fingerprint density at radius 1 is 1.50 bits per heavy atom. The van der Waals surface area contributed by atoms with E-state index in [1.165, 1.54) is 0 Å². The lowest BCUT2D eigenvalue weighted by Gasteiger charge is -2.07. The number of nitrogens with one attached hydrogen (secondary N) is 3. The van der Waals surface area contributed by atoms with Gasteiger partial charge in [0, 0.05) is 23.9 Å². The summed E-state index contributed by atoms with van der Waals surface area (Å²) in [5.41, 5.74) is 0.848. The number of urea groups is 1. The normalized spacial score (nSPS) is 19.2. The summed E-state index contributed by atoms with van der Waals surface area (Å²) in [6.45, 7) is 4.66. The maximum atomic E-state index is 11.4. The largest absolute Gasteiger partial charge is 0.368 e. The summed E-state index contributed by atoms with van der Waals surface area (Å²) in [7, 11) is 0. The summed E-state index contributed by atoms with van der Waals surface area (Å²) in [5.74, 6) is 0.844. The monoisotopic (exact) mass is 222 g/mol. The summed E-state index contributed by atoms with van der Waals surface area (Å²) in [6.07, 6.45) is 4.08. The van der Waals surface area contributed by atoms with Gasteiger partial charge in [-0.3, -0.25) is 4.99 Å². The Morgan fingerprint density at radius 2 is 2.25 bits per heavy atom. The van der Waals surface area contributed by atoms with Crippen LogP contribution >= 0.6 is 0 Å². The van der Waals surface area contributed by atoms with E-state index in [0.717, 1.165) is 24.4 Å². The number of hydrogen-bond donors (Lipinski definition) is 3. The fourth-order valence-electron chi connectivity index (χ4n) is 1.48. The Kier molecular flexibility index (Phi) is 3.12. The van der Waals surface area contributed by atoms with Crippen LogP contribution in [0.5, 0.6) is 0 Å². The maximum Gasteiger partial charge on any atom is 0.319 e. The van der Waals surface area contributed by atoms with Gasteiger partial charge in [-0.05, 0) is 26.7 Å². The molecule has 0 aromatic carbocycles. The van der Waals surface area contributed by atoms with Gasteiger partial charge in [0.1, 0.15) is 5.84 Å². The smallest absolute Gasteiger partial charge is 0.319 e. The fraction of sp³-hybridized carbons (Fsp3) is 0.636. The zero-order chi connectivity index (χ0) is 11.5. The zero-order valence-electron chi connectivity index (χ0n) is 9.71. The molecule has 1 aliphatic heterocycles. The second kappa shape index (κ2) is 4.55. The molecule has 5 heteroatoms. The number of carbonyl (C=O) groups is 1. The van der Waals surface area contributed by atoms with E-state index in [4.69, 9.17) is 0 Å². The van der Waals surface area contributed by atoms with Crippen LogP contribution in [0, 0.1) is 0 Å². The molecule has 0 spiro atoms. The van der Waals surface area contributed by atoms with E-state index in [1.807, 2.05) is 6.08 Å². The van der Waals surface area contributed by atoms with Gasteiger partial charge in [-0.2, -0.15) is 0 Å². The second-order valence-electron chi connectivity index (χ2n) is 4.54. The van der Waals surface area contributed by atoms with E-state index in [1.54, 1.807) is 0 Å². The number of carbonyl (C=O) groups excluding carboxylic acids is 1. The second-order valence-corrected chi connectivity index (χ2v) is 4.54. The van der Waals surface area contributed by atoms with Crippen molar-refractivity contribution in [3.63, 3.8) is 0 Å². The first-order valence-corrected chi connectivity index (χ1v) is 5.72. The van der Waals surface area contributed by atoms with Crippen LogP contribution in [-0.2, 0) is 0 Å². The molecule has 88 valence electrons. The molecule has 0 bridgehead atoms. The lowest BCUT2D eigenvalue weighted by molar-refractivity contribution is 0.243. The van der Waals surface area contributed by atoms with Gasteiger partial charge in [0.2, 0.25) is 0 Å². The molecule has 0 aromatic rings. The quantitative estimate of drug-likeness (QED) is 0.659. The van der Waals surface area contributed by atoms with Crippen LogP contribution in [0.15, 0.2) is 16.8 Å². The molecule has 1 saturated carbocycles. The highest BCUT2D eigenvalue weighted by molar-refractivity contribution is 5.96. The molecule has 0 aromatic heterocycles. The third-order valence-corrected chi connectivity index (χ3v) is 2.35. The number of hydrogen-bond acceptors (Lipinski definition) is 3. The first-order valence-electron chi connectivity index (χ1n) is 5.72. The van der Waals surface area contributed by atoms with Crippen LogP contribution in [0.1, 0.15) is 26.7 Å². The van der Waals surface area contributed by atoms with Gasteiger partial charge in [-0.25, -0.2) is 4.79 Å². The highest BCUT2D eigenvalue weighted by Gasteiger charge is 2.23. The minimum atomic E-state index is -0.116. The summed E-state index contributed by atoms with van der Waals surface area (Å²) in [5, 5.41) is 8.88. The van der Waals surface area contributed by atoms with E-state index in [2.05, 4.69) is 34.8 Å². The lowest BCUT2D eigenvalue weighted by atomic mass is 10.3. The first-order chi connectivity index (χ1) is 7.63. The van der Waals surface area contributed by atoms with Crippen molar-refractivity contribution in [2.24, 2.45) is 4.99 Å². The predicted octanol–water partition coefficient (Wildman–Crippen LogP) is 0.742. The van der Waals surface area contributed by atoms with Gasteiger partial charge in [0.05, 0.1) is 6.54 Å². The summed E-state index contributed by atoms with van der Waals surface area (Å²) >= 11 is 0. The van der Waals surface area contributed by atoms with Crippen molar-refractivity contribution >= 4 is 11.9 Å². The van der Waals surface area contributed by atoms with Crippen LogP contribution in [0.2, 0.25) is 0 Å². The van der Waals surface area contributed by atoms with Gasteiger partial charge in [0.15, 0.2) is 0 Å². The molecular formula is C11H18N4O. The van der Waals surface area contributed by atoms with Gasteiger partial charge in [-0.15, -0.1) is 0 Å². The van der Waals surface area contributed by atoms with Crippen molar-refractivity contribution in [2.75, 3.05) is 6.54 Å². The molecule has 1 heterocycles. The fourth-order valence-corrected chi connectivity index (χ4v) is 1.48. The van der Waals surface area contributed by atoms with Crippen molar-refractivity contribution in [3.05, 3.63) is 11.8 Å². The molecule has 0 atom stereocenters. The lowest BCUT2D eigenvalue weighted by Crippen LogP contribution is -2.36. The number of rotatable bonds is 3. The van der Waals surface area contributed by atoms with Gasteiger partial charge in [0.25, 0.3) is 0 Å². The van der Waals surface area contributed by atoms with Crippen molar-refractivity contribution < 1.29 is 4.79 Å². The van der Waals surface area contributed by atoms with E-state index < -0.39 is 0 Å². The molecule has 2 amide bonds. The van der Waals surface area contributed by atoms with Crippen molar-refractivity contribution in [2.45, 2.75) is 38.8 Å². The molecule has 3 N–H and O–H groups in total. The van der Waals surface area contributed by atoms with Crippen LogP contribution in [0.3, 0.4) is 0 Å². The Hall–Kier alpha value is -1.52. The Bertz CT molecular complexity index is 342. The number of amidine groups is 1. The topological polar surface area (TPSA) is 65.5 Å².